The van der Waals surface area contributed by atoms with Crippen molar-refractivity contribution in [2.75, 3.05) is 36.6 Å². The van der Waals surface area contributed by atoms with Crippen molar-refractivity contribution < 1.29 is 20.1 Å². The SMILES string of the molecule is CCC(C)(O)O.CCCSc1nc(Cl)c(N)c(N[C@H](CC)CCOCCO)n1. The van der Waals surface area contributed by atoms with Gasteiger partial charge in [-0.15, -0.1) is 0 Å². The lowest BCUT2D eigenvalue weighted by molar-refractivity contribution is -0.145. The number of aromatic nitrogens is 2. The van der Waals surface area contributed by atoms with Crippen molar-refractivity contribution in [1.82, 2.24) is 9.97 Å². The molecule has 0 radical (unpaired) electrons. The second-order valence-electron chi connectivity index (χ2n) is 6.35. The number of ether oxygens (including phenoxy) is 1. The Kier molecular flexibility index (Phi) is 14.6. The van der Waals surface area contributed by atoms with Crippen LogP contribution in [0.2, 0.25) is 5.15 Å². The van der Waals surface area contributed by atoms with E-state index >= 15 is 0 Å². The van der Waals surface area contributed by atoms with E-state index in [1.165, 1.54) is 6.92 Å². The lowest BCUT2D eigenvalue weighted by atomic mass is 10.1. The van der Waals surface area contributed by atoms with Gasteiger partial charge in [0.1, 0.15) is 5.69 Å². The zero-order chi connectivity index (χ0) is 21.6. The fourth-order valence-electron chi connectivity index (χ4n) is 1.75. The van der Waals surface area contributed by atoms with Gasteiger partial charge in [-0.2, -0.15) is 0 Å². The molecule has 0 aliphatic carbocycles. The Morgan fingerprint density at radius 2 is 1.89 bits per heavy atom. The Hall–Kier alpha value is -0.840. The highest BCUT2D eigenvalue weighted by Gasteiger charge is 2.14. The fourth-order valence-corrected chi connectivity index (χ4v) is 2.67. The van der Waals surface area contributed by atoms with Gasteiger partial charge in [0.25, 0.3) is 0 Å². The number of aliphatic hydroxyl groups is 3. The minimum atomic E-state index is -1.46. The number of thioether (sulfide) groups is 1. The number of hydrogen-bond acceptors (Lipinski definition) is 9. The minimum absolute atomic E-state index is 0.0384. The van der Waals surface area contributed by atoms with E-state index in [2.05, 4.69) is 29.1 Å². The predicted molar refractivity (Wildman–Crippen MR) is 116 cm³/mol. The van der Waals surface area contributed by atoms with Gasteiger partial charge >= 0.3 is 0 Å². The normalized spacial score (nSPS) is 12.3. The molecule has 1 rings (SSSR count). The zero-order valence-electron chi connectivity index (χ0n) is 17.2. The number of rotatable bonds is 12. The van der Waals surface area contributed by atoms with Crippen LogP contribution in [0.4, 0.5) is 11.5 Å². The topological polar surface area (TPSA) is 134 Å². The molecule has 164 valence electrons. The molecule has 0 fully saturated rings. The van der Waals surface area contributed by atoms with Gasteiger partial charge < -0.3 is 31.1 Å². The third-order valence-corrected chi connectivity index (χ3v) is 5.00. The highest BCUT2D eigenvalue weighted by atomic mass is 35.5. The first kappa shape index (κ1) is 27.2. The second-order valence-corrected chi connectivity index (χ2v) is 7.77. The Bertz CT molecular complexity index is 547. The van der Waals surface area contributed by atoms with Gasteiger partial charge in [0.15, 0.2) is 21.9 Å². The monoisotopic (exact) mass is 438 g/mol. The van der Waals surface area contributed by atoms with Crippen molar-refractivity contribution >= 4 is 34.9 Å². The van der Waals surface area contributed by atoms with Crippen LogP contribution in [0, 0.1) is 0 Å². The van der Waals surface area contributed by atoms with E-state index < -0.39 is 5.79 Å². The molecule has 0 unspecified atom stereocenters. The molecule has 0 spiro atoms. The Morgan fingerprint density at radius 3 is 2.39 bits per heavy atom. The number of aliphatic hydroxyl groups excluding tert-OH is 1. The molecule has 1 aromatic rings. The summed E-state index contributed by atoms with van der Waals surface area (Å²) in [7, 11) is 0. The number of nitrogens with one attached hydrogen (secondary N) is 1. The van der Waals surface area contributed by atoms with Crippen molar-refractivity contribution in [1.29, 1.82) is 0 Å². The maximum atomic E-state index is 8.70. The molecule has 0 saturated heterocycles. The number of nitrogens with two attached hydrogens (primary N) is 1. The first-order valence-electron chi connectivity index (χ1n) is 9.54. The average Bonchev–Trinajstić information content (AvgIpc) is 2.65. The molecule has 1 heterocycles. The summed E-state index contributed by atoms with van der Waals surface area (Å²) in [5, 5.41) is 29.7. The van der Waals surface area contributed by atoms with Gasteiger partial charge in [-0.25, -0.2) is 9.97 Å². The molecular weight excluding hydrogens is 404 g/mol. The quantitative estimate of drug-likeness (QED) is 0.110. The number of halogens is 1. The molecular formula is C18H35ClN4O4S. The number of nitrogens with zero attached hydrogens (tertiary/aromatic N) is 2. The van der Waals surface area contributed by atoms with Gasteiger partial charge in [-0.05, 0) is 32.6 Å². The standard InChI is InChI=1S/C14H25ClN4O2S.C4H10O2/c1-3-9-22-14-18-12(15)11(16)13(19-14)17-10(4-2)5-7-21-8-6-20;1-3-4(2,5)6/h10,20H,3-9,16H2,1-2H3,(H,17,18,19);5-6H,3H2,1-2H3/t10-;/m1./s1. The molecule has 1 atom stereocenters. The van der Waals surface area contributed by atoms with Crippen LogP contribution in [0.1, 0.15) is 53.4 Å². The Balaban J connectivity index is 0.00000105. The molecule has 0 aliphatic heterocycles. The van der Waals surface area contributed by atoms with Crippen LogP contribution < -0.4 is 11.1 Å². The van der Waals surface area contributed by atoms with Crippen molar-refractivity contribution in [2.24, 2.45) is 0 Å². The van der Waals surface area contributed by atoms with Crippen LogP contribution in [-0.2, 0) is 4.74 Å². The Labute approximate surface area is 177 Å². The smallest absolute Gasteiger partial charge is 0.191 e. The predicted octanol–water partition coefficient (Wildman–Crippen LogP) is 2.90. The van der Waals surface area contributed by atoms with Gasteiger partial charge in [-0.3, -0.25) is 0 Å². The van der Waals surface area contributed by atoms with Crippen LogP contribution in [0.15, 0.2) is 5.16 Å². The minimum Gasteiger partial charge on any atom is -0.394 e. The van der Waals surface area contributed by atoms with Crippen LogP contribution >= 0.6 is 23.4 Å². The molecule has 6 N–H and O–H groups in total. The molecule has 1 aromatic heterocycles. The summed E-state index contributed by atoms with van der Waals surface area (Å²) in [6.07, 6.45) is 3.13. The van der Waals surface area contributed by atoms with Crippen molar-refractivity contribution in [2.45, 2.75) is 70.4 Å². The highest BCUT2D eigenvalue weighted by Crippen LogP contribution is 2.28. The Morgan fingerprint density at radius 1 is 1.25 bits per heavy atom. The molecule has 8 nitrogen and oxygen atoms in total. The van der Waals surface area contributed by atoms with Crippen LogP contribution in [-0.4, -0.2) is 62.7 Å². The van der Waals surface area contributed by atoms with E-state index in [0.717, 1.165) is 25.0 Å². The second kappa shape index (κ2) is 15.1. The van der Waals surface area contributed by atoms with E-state index in [9.17, 15) is 0 Å². The number of hydrogen-bond donors (Lipinski definition) is 5. The fraction of sp³-hybridized carbons (Fsp3) is 0.778. The van der Waals surface area contributed by atoms with Gasteiger partial charge in [0, 0.05) is 18.4 Å². The van der Waals surface area contributed by atoms with Gasteiger partial charge in [-0.1, -0.05) is 44.1 Å². The summed E-state index contributed by atoms with van der Waals surface area (Å²) in [5.41, 5.74) is 6.34. The van der Waals surface area contributed by atoms with Crippen molar-refractivity contribution in [3.63, 3.8) is 0 Å². The van der Waals surface area contributed by atoms with Crippen LogP contribution in [0.25, 0.3) is 0 Å². The molecule has 10 heteroatoms. The van der Waals surface area contributed by atoms with E-state index in [1.807, 2.05) is 0 Å². The highest BCUT2D eigenvalue weighted by molar-refractivity contribution is 7.99. The summed E-state index contributed by atoms with van der Waals surface area (Å²) < 4.78 is 5.30. The zero-order valence-corrected chi connectivity index (χ0v) is 18.8. The molecule has 0 bridgehead atoms. The van der Waals surface area contributed by atoms with Gasteiger partial charge in [0.05, 0.1) is 13.2 Å². The van der Waals surface area contributed by atoms with Crippen molar-refractivity contribution in [3.05, 3.63) is 5.15 Å². The molecule has 0 aliphatic rings. The lowest BCUT2D eigenvalue weighted by Crippen LogP contribution is -2.22. The number of nitrogen functional groups attached to an aromatic ring is 1. The summed E-state index contributed by atoms with van der Waals surface area (Å²) in [5.74, 6) is 0.0546. The summed E-state index contributed by atoms with van der Waals surface area (Å²) in [4.78, 5) is 8.64. The molecule has 0 aromatic carbocycles. The van der Waals surface area contributed by atoms with E-state index in [4.69, 9.17) is 37.4 Å². The summed E-state index contributed by atoms with van der Waals surface area (Å²) >= 11 is 7.65. The van der Waals surface area contributed by atoms with E-state index in [0.29, 0.717) is 36.3 Å². The molecule has 0 saturated carbocycles. The average molecular weight is 439 g/mol. The van der Waals surface area contributed by atoms with E-state index in [-0.39, 0.29) is 17.8 Å². The van der Waals surface area contributed by atoms with E-state index in [1.54, 1.807) is 18.7 Å². The summed E-state index contributed by atoms with van der Waals surface area (Å²) in [6, 6.07) is 0.177. The maximum Gasteiger partial charge on any atom is 0.191 e. The largest absolute Gasteiger partial charge is 0.394 e. The molecule has 0 amide bonds. The van der Waals surface area contributed by atoms with Crippen LogP contribution in [0.3, 0.4) is 0 Å². The maximum absolute atomic E-state index is 8.70. The van der Waals surface area contributed by atoms with Crippen molar-refractivity contribution in [3.8, 4) is 0 Å². The summed E-state index contributed by atoms with van der Waals surface area (Å²) in [6.45, 7) is 8.21. The lowest BCUT2D eigenvalue weighted by Gasteiger charge is -2.19. The first-order chi connectivity index (χ1) is 13.2. The first-order valence-corrected chi connectivity index (χ1v) is 10.9. The number of anilines is 2. The van der Waals surface area contributed by atoms with Crippen LogP contribution in [0.5, 0.6) is 0 Å². The molecule has 28 heavy (non-hydrogen) atoms. The third kappa shape index (κ3) is 12.6. The van der Waals surface area contributed by atoms with Gasteiger partial charge in [0.2, 0.25) is 0 Å². The third-order valence-electron chi connectivity index (χ3n) is 3.66.